The molecule has 5 nitrogen and oxygen atoms in total. The fraction of sp³-hybridized carbons (Fsp3) is 0.636. The Hall–Kier alpha value is -1.88. The predicted molar refractivity (Wildman–Crippen MR) is 105 cm³/mol. The average molecular weight is 370 g/mol. The minimum atomic E-state index is -0.413. The zero-order valence-corrected chi connectivity index (χ0v) is 16.6. The van der Waals surface area contributed by atoms with E-state index in [1.807, 2.05) is 24.8 Å². The normalized spacial score (nSPS) is 28.2. The maximum Gasteiger partial charge on any atom is 0.232 e. The summed E-state index contributed by atoms with van der Waals surface area (Å²) in [4.78, 5) is 32.6. The van der Waals surface area contributed by atoms with E-state index in [4.69, 9.17) is 0 Å². The van der Waals surface area contributed by atoms with Gasteiger partial charge in [-0.2, -0.15) is 0 Å². The topological polar surface area (TPSA) is 43.9 Å². The van der Waals surface area contributed by atoms with Crippen LogP contribution in [0.2, 0.25) is 0 Å². The lowest BCUT2D eigenvalue weighted by Crippen LogP contribution is -2.49. The van der Waals surface area contributed by atoms with Gasteiger partial charge in [0, 0.05) is 57.6 Å². The van der Waals surface area contributed by atoms with Crippen molar-refractivity contribution in [2.75, 3.05) is 39.3 Å². The smallest absolute Gasteiger partial charge is 0.232 e. The summed E-state index contributed by atoms with van der Waals surface area (Å²) >= 11 is 0. The molecule has 27 heavy (non-hydrogen) atoms. The summed E-state index contributed by atoms with van der Waals surface area (Å²) in [7, 11) is 0. The van der Waals surface area contributed by atoms with E-state index in [1.165, 1.54) is 5.56 Å². The third-order valence-electron chi connectivity index (χ3n) is 6.55. The Bertz CT molecular complexity index is 699. The first-order valence-electron chi connectivity index (χ1n) is 10.3. The molecule has 146 valence electrons. The number of carbonyl (C=O) groups excluding carboxylic acids is 2. The van der Waals surface area contributed by atoms with Crippen molar-refractivity contribution in [1.82, 2.24) is 14.7 Å². The van der Waals surface area contributed by atoms with E-state index in [0.29, 0.717) is 12.5 Å². The molecule has 0 aliphatic carbocycles. The molecule has 2 amide bonds. The van der Waals surface area contributed by atoms with Crippen LogP contribution in [0.15, 0.2) is 30.3 Å². The zero-order chi connectivity index (χ0) is 19.0. The number of hydrogen-bond donors (Lipinski definition) is 0. The second-order valence-corrected chi connectivity index (χ2v) is 8.88. The summed E-state index contributed by atoms with van der Waals surface area (Å²) in [6, 6.07) is 10.5. The first kappa shape index (κ1) is 18.5. The van der Waals surface area contributed by atoms with Crippen molar-refractivity contribution in [1.29, 1.82) is 0 Å². The Morgan fingerprint density at radius 3 is 2.41 bits per heavy atom. The van der Waals surface area contributed by atoms with Gasteiger partial charge in [0.05, 0.1) is 5.41 Å². The molecule has 0 spiro atoms. The molecule has 3 fully saturated rings. The van der Waals surface area contributed by atoms with Crippen molar-refractivity contribution in [3.63, 3.8) is 0 Å². The third-order valence-corrected chi connectivity index (χ3v) is 6.55. The van der Waals surface area contributed by atoms with E-state index >= 15 is 0 Å². The molecule has 0 bridgehead atoms. The minimum absolute atomic E-state index is 0.0109. The predicted octanol–water partition coefficient (Wildman–Crippen LogP) is 2.23. The monoisotopic (exact) mass is 369 g/mol. The third kappa shape index (κ3) is 3.38. The largest absolute Gasteiger partial charge is 0.342 e. The molecule has 0 aromatic heterocycles. The van der Waals surface area contributed by atoms with Crippen LogP contribution in [0.1, 0.15) is 32.3 Å². The Morgan fingerprint density at radius 1 is 1.04 bits per heavy atom. The second-order valence-electron chi connectivity index (χ2n) is 8.88. The van der Waals surface area contributed by atoms with Gasteiger partial charge in [-0.1, -0.05) is 44.2 Å². The number of nitrogens with zero attached hydrogens (tertiary/aromatic N) is 3. The van der Waals surface area contributed by atoms with Crippen LogP contribution in [0.3, 0.4) is 0 Å². The lowest BCUT2D eigenvalue weighted by molar-refractivity contribution is -0.142. The average Bonchev–Trinajstić information content (AvgIpc) is 3.36. The van der Waals surface area contributed by atoms with Crippen LogP contribution in [-0.4, -0.2) is 65.8 Å². The summed E-state index contributed by atoms with van der Waals surface area (Å²) in [5.74, 6) is 0.715. The maximum atomic E-state index is 13.5. The van der Waals surface area contributed by atoms with Crippen molar-refractivity contribution < 1.29 is 9.59 Å². The molecule has 1 aromatic carbocycles. The van der Waals surface area contributed by atoms with E-state index in [1.54, 1.807) is 0 Å². The van der Waals surface area contributed by atoms with E-state index in [-0.39, 0.29) is 17.7 Å². The molecule has 0 radical (unpaired) electrons. The standard InChI is InChI=1S/C22H31N3O2/c1-17(2)20(26)25-14-19-13-23(12-18-8-4-3-5-9-18)15-22(19,16-25)21(27)24-10-6-7-11-24/h3-5,8-9,17,19H,6-7,10-16H2,1-2H3/t19-,22-/m1/s1. The molecule has 3 aliphatic rings. The highest BCUT2D eigenvalue weighted by Crippen LogP contribution is 2.45. The van der Waals surface area contributed by atoms with Gasteiger partial charge >= 0.3 is 0 Å². The number of rotatable bonds is 4. The van der Waals surface area contributed by atoms with Gasteiger partial charge in [-0.15, -0.1) is 0 Å². The molecule has 2 atom stereocenters. The molecule has 0 unspecified atom stereocenters. The van der Waals surface area contributed by atoms with Crippen LogP contribution in [-0.2, 0) is 16.1 Å². The number of amides is 2. The number of carbonyl (C=O) groups is 2. The first-order chi connectivity index (χ1) is 13.0. The van der Waals surface area contributed by atoms with Crippen LogP contribution >= 0.6 is 0 Å². The van der Waals surface area contributed by atoms with Crippen molar-refractivity contribution >= 4 is 11.8 Å². The summed E-state index contributed by atoms with van der Waals surface area (Å²) in [6.45, 7) is 9.52. The number of likely N-dealkylation sites (tertiary alicyclic amines) is 3. The number of benzene rings is 1. The Kier molecular flexibility index (Phi) is 4.97. The molecule has 1 aromatic rings. The van der Waals surface area contributed by atoms with Crippen molar-refractivity contribution in [2.45, 2.75) is 33.2 Å². The van der Waals surface area contributed by atoms with E-state index < -0.39 is 5.41 Å². The molecule has 5 heteroatoms. The molecule has 0 N–H and O–H groups in total. The van der Waals surface area contributed by atoms with Crippen LogP contribution < -0.4 is 0 Å². The lowest BCUT2D eigenvalue weighted by atomic mass is 9.79. The summed E-state index contributed by atoms with van der Waals surface area (Å²) in [5, 5.41) is 0. The van der Waals surface area contributed by atoms with Gasteiger partial charge < -0.3 is 9.80 Å². The molecular weight excluding hydrogens is 338 g/mol. The quantitative estimate of drug-likeness (QED) is 0.817. The molecule has 4 rings (SSSR count). The second kappa shape index (κ2) is 7.27. The van der Waals surface area contributed by atoms with Gasteiger partial charge in [0.1, 0.15) is 0 Å². The maximum absolute atomic E-state index is 13.5. The lowest BCUT2D eigenvalue weighted by Gasteiger charge is -2.32. The molecule has 3 heterocycles. The van der Waals surface area contributed by atoms with Crippen LogP contribution in [0.4, 0.5) is 0 Å². The van der Waals surface area contributed by atoms with Crippen molar-refractivity contribution in [2.24, 2.45) is 17.3 Å². The van der Waals surface area contributed by atoms with Crippen LogP contribution in [0, 0.1) is 17.3 Å². The zero-order valence-electron chi connectivity index (χ0n) is 16.6. The van der Waals surface area contributed by atoms with Crippen LogP contribution in [0.5, 0.6) is 0 Å². The number of hydrogen-bond acceptors (Lipinski definition) is 3. The van der Waals surface area contributed by atoms with Gasteiger partial charge in [-0.3, -0.25) is 14.5 Å². The molecular formula is C22H31N3O2. The van der Waals surface area contributed by atoms with E-state index in [9.17, 15) is 9.59 Å². The minimum Gasteiger partial charge on any atom is -0.342 e. The highest BCUT2D eigenvalue weighted by molar-refractivity contribution is 5.87. The summed E-state index contributed by atoms with van der Waals surface area (Å²) in [6.07, 6.45) is 2.21. The Morgan fingerprint density at radius 2 is 1.74 bits per heavy atom. The Labute approximate surface area is 162 Å². The van der Waals surface area contributed by atoms with Crippen molar-refractivity contribution in [3.05, 3.63) is 35.9 Å². The van der Waals surface area contributed by atoms with Gasteiger partial charge in [0.2, 0.25) is 11.8 Å². The molecule has 3 aliphatic heterocycles. The SMILES string of the molecule is CC(C)C(=O)N1C[C@H]2CN(Cc3ccccc3)C[C@@]2(C(=O)N2CCCC2)C1. The van der Waals surface area contributed by atoms with E-state index in [2.05, 4.69) is 34.1 Å². The van der Waals surface area contributed by atoms with Crippen LogP contribution in [0.25, 0.3) is 0 Å². The fourth-order valence-electron chi connectivity index (χ4n) is 5.20. The Balaban J connectivity index is 1.55. The summed E-state index contributed by atoms with van der Waals surface area (Å²) < 4.78 is 0. The van der Waals surface area contributed by atoms with Crippen molar-refractivity contribution in [3.8, 4) is 0 Å². The summed E-state index contributed by atoms with van der Waals surface area (Å²) in [5.41, 5.74) is 0.875. The number of fused-ring (bicyclic) bond motifs is 1. The van der Waals surface area contributed by atoms with E-state index in [0.717, 1.165) is 52.1 Å². The van der Waals surface area contributed by atoms with Gasteiger partial charge in [0.15, 0.2) is 0 Å². The first-order valence-corrected chi connectivity index (χ1v) is 10.3. The van der Waals surface area contributed by atoms with Gasteiger partial charge in [0.25, 0.3) is 0 Å². The van der Waals surface area contributed by atoms with Gasteiger partial charge in [-0.25, -0.2) is 0 Å². The van der Waals surface area contributed by atoms with Gasteiger partial charge in [-0.05, 0) is 18.4 Å². The fourth-order valence-corrected chi connectivity index (χ4v) is 5.20. The highest BCUT2D eigenvalue weighted by Gasteiger charge is 2.59. The molecule has 0 saturated carbocycles. The highest BCUT2D eigenvalue weighted by atomic mass is 16.2. The molecule has 3 saturated heterocycles.